The molecular weight excluding hydrogens is 540 g/mol. The van der Waals surface area contributed by atoms with Gasteiger partial charge in [0, 0.05) is 13.1 Å². The van der Waals surface area contributed by atoms with Gasteiger partial charge in [-0.1, -0.05) is 12.1 Å². The van der Waals surface area contributed by atoms with Crippen LogP contribution in [0.3, 0.4) is 0 Å². The molecule has 0 spiro atoms. The molecule has 0 aliphatic carbocycles. The summed E-state index contributed by atoms with van der Waals surface area (Å²) in [4.78, 5) is 27.9. The van der Waals surface area contributed by atoms with Crippen LogP contribution in [0.2, 0.25) is 0 Å². The zero-order valence-corrected chi connectivity index (χ0v) is 22.9. The van der Waals surface area contributed by atoms with Crippen LogP contribution in [0, 0.1) is 0 Å². The molecule has 2 fully saturated rings. The molecule has 2 aliphatic rings. The molecule has 2 atom stereocenters. The maximum atomic E-state index is 13.0. The average molecular weight is 569 g/mol. The number of amides is 2. The van der Waals surface area contributed by atoms with Gasteiger partial charge in [0.15, 0.2) is 53.4 Å². The summed E-state index contributed by atoms with van der Waals surface area (Å²) in [6.07, 6.45) is 0. The molecule has 0 saturated carbocycles. The van der Waals surface area contributed by atoms with Crippen LogP contribution in [-0.2, 0) is 29.3 Å². The molecule has 206 valence electrons. The van der Waals surface area contributed by atoms with Crippen molar-refractivity contribution in [2.24, 2.45) is 0 Å². The van der Waals surface area contributed by atoms with Gasteiger partial charge in [0.2, 0.25) is 11.8 Å². The van der Waals surface area contributed by atoms with Crippen LogP contribution in [0.25, 0.3) is 0 Å². The molecule has 2 aromatic rings. The van der Waals surface area contributed by atoms with Gasteiger partial charge in [-0.05, 0) is 35.4 Å². The van der Waals surface area contributed by atoms with E-state index < -0.39 is 53.7 Å². The summed E-state index contributed by atoms with van der Waals surface area (Å²) in [5, 5.41) is -2.66. The number of ether oxygens (including phenoxy) is 4. The SMILES string of the molecule is COc1ccc([C@@H]2N(CCN3C(=O)CS(=O)(=O)[C@H]3c3ccc(OC)c(OC)c3)C(=O)CS2(=O)=O)cc1OC. The summed E-state index contributed by atoms with van der Waals surface area (Å²) >= 11 is 0. The fourth-order valence-corrected chi connectivity index (χ4v) is 8.48. The largest absolute Gasteiger partial charge is 0.493 e. The number of benzene rings is 2. The van der Waals surface area contributed by atoms with E-state index in [9.17, 15) is 26.4 Å². The van der Waals surface area contributed by atoms with Gasteiger partial charge in [0.25, 0.3) is 0 Å². The molecule has 2 aliphatic heterocycles. The first-order chi connectivity index (χ1) is 18.0. The number of hydrogen-bond acceptors (Lipinski definition) is 10. The van der Waals surface area contributed by atoms with Gasteiger partial charge in [-0.25, -0.2) is 16.8 Å². The Bertz CT molecular complexity index is 1360. The van der Waals surface area contributed by atoms with Crippen LogP contribution in [0.5, 0.6) is 23.0 Å². The van der Waals surface area contributed by atoms with Crippen molar-refractivity contribution in [3.63, 3.8) is 0 Å². The van der Waals surface area contributed by atoms with Crippen LogP contribution in [0.15, 0.2) is 36.4 Å². The Balaban J connectivity index is 1.66. The third-order valence-electron chi connectivity index (χ3n) is 6.50. The molecule has 4 rings (SSSR count). The minimum atomic E-state index is -3.92. The second-order valence-electron chi connectivity index (χ2n) is 8.72. The molecule has 12 nitrogen and oxygen atoms in total. The Morgan fingerprint density at radius 3 is 1.29 bits per heavy atom. The van der Waals surface area contributed by atoms with E-state index in [0.29, 0.717) is 11.5 Å². The summed E-state index contributed by atoms with van der Waals surface area (Å²) in [6, 6.07) is 9.07. The number of carbonyl (C=O) groups excluding carboxylic acids is 2. The van der Waals surface area contributed by atoms with Crippen LogP contribution in [-0.4, -0.2) is 91.5 Å². The number of nitrogens with zero attached hydrogens (tertiary/aromatic N) is 2. The molecule has 0 bridgehead atoms. The van der Waals surface area contributed by atoms with Crippen LogP contribution >= 0.6 is 0 Å². The third-order valence-corrected chi connectivity index (χ3v) is 10.2. The van der Waals surface area contributed by atoms with Crippen molar-refractivity contribution in [3.05, 3.63) is 47.5 Å². The van der Waals surface area contributed by atoms with Crippen molar-refractivity contribution in [2.45, 2.75) is 10.7 Å². The van der Waals surface area contributed by atoms with E-state index in [1.165, 1.54) is 64.8 Å². The van der Waals surface area contributed by atoms with Gasteiger partial charge in [-0.3, -0.25) is 9.59 Å². The molecule has 2 amide bonds. The van der Waals surface area contributed by atoms with Crippen molar-refractivity contribution >= 4 is 31.5 Å². The number of carbonyl (C=O) groups is 2. The van der Waals surface area contributed by atoms with Crippen LogP contribution in [0.4, 0.5) is 0 Å². The Labute approximate surface area is 220 Å². The Kier molecular flexibility index (Phi) is 7.48. The Morgan fingerprint density at radius 2 is 0.974 bits per heavy atom. The molecule has 0 radical (unpaired) electrons. The maximum Gasteiger partial charge on any atom is 0.239 e. The van der Waals surface area contributed by atoms with E-state index in [4.69, 9.17) is 18.9 Å². The molecule has 2 heterocycles. The molecule has 0 aromatic heterocycles. The summed E-state index contributed by atoms with van der Waals surface area (Å²) < 4.78 is 72.9. The van der Waals surface area contributed by atoms with E-state index in [2.05, 4.69) is 0 Å². The van der Waals surface area contributed by atoms with E-state index in [-0.39, 0.29) is 35.7 Å². The van der Waals surface area contributed by atoms with E-state index >= 15 is 0 Å². The first-order valence-electron chi connectivity index (χ1n) is 11.4. The number of sulfone groups is 2. The zero-order chi connectivity index (χ0) is 27.8. The van der Waals surface area contributed by atoms with Crippen molar-refractivity contribution in [1.82, 2.24) is 9.80 Å². The van der Waals surface area contributed by atoms with Gasteiger partial charge in [-0.2, -0.15) is 0 Å². The van der Waals surface area contributed by atoms with Gasteiger partial charge < -0.3 is 28.7 Å². The first kappa shape index (κ1) is 27.5. The lowest BCUT2D eigenvalue weighted by atomic mass is 10.1. The van der Waals surface area contributed by atoms with E-state index in [1.54, 1.807) is 0 Å². The van der Waals surface area contributed by atoms with Crippen molar-refractivity contribution in [1.29, 1.82) is 0 Å². The predicted octanol–water partition coefficient (Wildman–Crippen LogP) is 0.932. The predicted molar refractivity (Wildman–Crippen MR) is 136 cm³/mol. The lowest BCUT2D eigenvalue weighted by molar-refractivity contribution is -0.132. The van der Waals surface area contributed by atoms with Gasteiger partial charge in [0.05, 0.1) is 28.4 Å². The van der Waals surface area contributed by atoms with E-state index in [0.717, 1.165) is 9.80 Å². The van der Waals surface area contributed by atoms with Crippen LogP contribution in [0.1, 0.15) is 21.9 Å². The van der Waals surface area contributed by atoms with Crippen LogP contribution < -0.4 is 18.9 Å². The highest BCUT2D eigenvalue weighted by atomic mass is 32.2. The van der Waals surface area contributed by atoms with Gasteiger partial charge in [0.1, 0.15) is 11.5 Å². The van der Waals surface area contributed by atoms with E-state index in [1.807, 2.05) is 0 Å². The maximum absolute atomic E-state index is 13.0. The zero-order valence-electron chi connectivity index (χ0n) is 21.2. The highest BCUT2D eigenvalue weighted by Crippen LogP contribution is 2.40. The molecule has 14 heteroatoms. The number of hydrogen-bond donors (Lipinski definition) is 0. The quantitative estimate of drug-likeness (QED) is 0.428. The normalized spacial score (nSPS) is 22.0. The van der Waals surface area contributed by atoms with Crippen molar-refractivity contribution in [2.75, 3.05) is 53.0 Å². The summed E-state index contributed by atoms with van der Waals surface area (Å²) in [5.74, 6) is -1.38. The lowest BCUT2D eigenvalue weighted by Gasteiger charge is -2.29. The highest BCUT2D eigenvalue weighted by molar-refractivity contribution is 7.93. The second-order valence-corrected chi connectivity index (χ2v) is 12.8. The Hall–Kier alpha value is -3.52. The fraction of sp³-hybridized carbons (Fsp3) is 0.417. The monoisotopic (exact) mass is 568 g/mol. The molecule has 38 heavy (non-hydrogen) atoms. The summed E-state index contributed by atoms with van der Waals surface area (Å²) in [6.45, 7) is -0.412. The summed E-state index contributed by atoms with van der Waals surface area (Å²) in [7, 11) is -2.15. The Morgan fingerprint density at radius 1 is 0.632 bits per heavy atom. The average Bonchev–Trinajstić information content (AvgIpc) is 3.26. The smallest absolute Gasteiger partial charge is 0.239 e. The fourth-order valence-electron chi connectivity index (χ4n) is 4.80. The molecule has 2 saturated heterocycles. The second kappa shape index (κ2) is 10.3. The lowest BCUT2D eigenvalue weighted by Crippen LogP contribution is -2.39. The molecule has 0 unspecified atom stereocenters. The van der Waals surface area contributed by atoms with Crippen molar-refractivity contribution < 1.29 is 45.4 Å². The molecule has 2 aromatic carbocycles. The third kappa shape index (κ3) is 4.85. The van der Waals surface area contributed by atoms with Gasteiger partial charge >= 0.3 is 0 Å². The first-order valence-corrected chi connectivity index (χ1v) is 14.9. The molecular formula is C24H28N2O10S2. The number of methoxy groups -OCH3 is 4. The topological polar surface area (TPSA) is 146 Å². The minimum absolute atomic E-state index is 0.206. The van der Waals surface area contributed by atoms with Crippen molar-refractivity contribution in [3.8, 4) is 23.0 Å². The highest BCUT2D eigenvalue weighted by Gasteiger charge is 2.48. The number of rotatable bonds is 9. The molecule has 0 N–H and O–H groups in total. The van der Waals surface area contributed by atoms with Gasteiger partial charge in [-0.15, -0.1) is 0 Å². The summed E-state index contributed by atoms with van der Waals surface area (Å²) in [5.41, 5.74) is 0.565. The standard InChI is InChI=1S/C24H28N2O10S2/c1-33-17-7-5-15(11-19(17)35-3)23-25(21(27)13-37(23,29)30)9-10-26-22(28)14-38(31,32)24(26)16-6-8-18(34-2)20(12-16)36-4/h5-8,11-12,23-24H,9-10,13-14H2,1-4H3/t23-,24+. The minimum Gasteiger partial charge on any atom is -0.493 e.